The zero-order valence-electron chi connectivity index (χ0n) is 10.4. The van der Waals surface area contributed by atoms with E-state index in [9.17, 15) is 4.79 Å². The number of anilines is 1. The third-order valence-corrected chi connectivity index (χ3v) is 2.44. The van der Waals surface area contributed by atoms with Crippen molar-refractivity contribution < 1.29 is 9.53 Å². The van der Waals surface area contributed by atoms with Crippen molar-refractivity contribution in [1.29, 1.82) is 0 Å². The number of nitrogens with two attached hydrogens (primary N) is 1. The van der Waals surface area contributed by atoms with E-state index in [-0.39, 0.29) is 17.5 Å². The standard InChI is InChI=1S/C13H12N4O2S/c14-12(20)8-19-11-3-1-2-10(6-11)17-13(18)9-4-5-15-16-7-9/h1-7H,8H2,(H2,14,20)(H,17,18). The fourth-order valence-corrected chi connectivity index (χ4v) is 1.51. The predicted octanol–water partition coefficient (Wildman–Crippen LogP) is 1.39. The van der Waals surface area contributed by atoms with E-state index in [4.69, 9.17) is 22.7 Å². The van der Waals surface area contributed by atoms with Crippen LogP contribution < -0.4 is 15.8 Å². The molecule has 0 aliphatic carbocycles. The zero-order chi connectivity index (χ0) is 14.4. The molecule has 0 bridgehead atoms. The SMILES string of the molecule is NC(=S)COc1cccc(NC(=O)c2ccnnc2)c1. The van der Waals surface area contributed by atoms with Gasteiger partial charge in [-0.2, -0.15) is 10.2 Å². The minimum atomic E-state index is -0.272. The van der Waals surface area contributed by atoms with Crippen LogP contribution in [-0.4, -0.2) is 27.7 Å². The fraction of sp³-hybridized carbons (Fsp3) is 0.0769. The number of thiocarbonyl (C=S) groups is 1. The summed E-state index contributed by atoms with van der Waals surface area (Å²) in [7, 11) is 0. The van der Waals surface area contributed by atoms with Crippen LogP contribution in [0, 0.1) is 0 Å². The number of ether oxygens (including phenoxy) is 1. The van der Waals surface area contributed by atoms with Crippen LogP contribution >= 0.6 is 12.2 Å². The molecule has 102 valence electrons. The Balaban J connectivity index is 2.04. The van der Waals surface area contributed by atoms with Crippen LogP contribution in [0.25, 0.3) is 0 Å². The number of nitrogens with zero attached hydrogens (tertiary/aromatic N) is 2. The molecule has 0 saturated carbocycles. The first-order valence-electron chi connectivity index (χ1n) is 5.74. The monoisotopic (exact) mass is 288 g/mol. The average Bonchev–Trinajstić information content (AvgIpc) is 2.46. The van der Waals surface area contributed by atoms with Gasteiger partial charge in [0, 0.05) is 11.8 Å². The Morgan fingerprint density at radius 1 is 1.35 bits per heavy atom. The summed E-state index contributed by atoms with van der Waals surface area (Å²) < 4.78 is 5.36. The van der Waals surface area contributed by atoms with Gasteiger partial charge in [0.15, 0.2) is 0 Å². The van der Waals surface area contributed by atoms with Gasteiger partial charge in [0.25, 0.3) is 5.91 Å². The highest BCUT2D eigenvalue weighted by molar-refractivity contribution is 7.80. The van der Waals surface area contributed by atoms with Crippen LogP contribution in [0.5, 0.6) is 5.75 Å². The fourth-order valence-electron chi connectivity index (χ4n) is 1.45. The molecule has 1 heterocycles. The highest BCUT2D eigenvalue weighted by Crippen LogP contribution is 2.17. The summed E-state index contributed by atoms with van der Waals surface area (Å²) in [6.45, 7) is 0.154. The second kappa shape index (κ2) is 6.58. The number of hydrogen-bond donors (Lipinski definition) is 2. The van der Waals surface area contributed by atoms with Crippen molar-refractivity contribution in [2.24, 2.45) is 5.73 Å². The molecule has 0 saturated heterocycles. The van der Waals surface area contributed by atoms with Gasteiger partial charge in [0.05, 0.1) is 18.0 Å². The third kappa shape index (κ3) is 3.99. The smallest absolute Gasteiger partial charge is 0.257 e. The lowest BCUT2D eigenvalue weighted by atomic mass is 10.2. The molecular formula is C13H12N4O2S. The maximum absolute atomic E-state index is 11.9. The molecule has 0 aliphatic rings. The minimum Gasteiger partial charge on any atom is -0.486 e. The van der Waals surface area contributed by atoms with Crippen molar-refractivity contribution in [3.05, 3.63) is 48.3 Å². The minimum absolute atomic E-state index is 0.154. The van der Waals surface area contributed by atoms with E-state index in [0.29, 0.717) is 17.0 Å². The Labute approximate surface area is 121 Å². The molecule has 2 aromatic rings. The van der Waals surface area contributed by atoms with Gasteiger partial charge in [-0.25, -0.2) is 0 Å². The highest BCUT2D eigenvalue weighted by Gasteiger charge is 2.06. The van der Waals surface area contributed by atoms with Crippen LogP contribution in [0.3, 0.4) is 0 Å². The van der Waals surface area contributed by atoms with Crippen LogP contribution in [0.1, 0.15) is 10.4 Å². The number of benzene rings is 1. The molecular weight excluding hydrogens is 276 g/mol. The number of hydrogen-bond acceptors (Lipinski definition) is 5. The molecule has 0 aliphatic heterocycles. The molecule has 1 amide bonds. The molecule has 0 radical (unpaired) electrons. The first-order chi connectivity index (χ1) is 9.65. The molecule has 7 heteroatoms. The first kappa shape index (κ1) is 13.9. The second-order valence-electron chi connectivity index (χ2n) is 3.87. The lowest BCUT2D eigenvalue weighted by Gasteiger charge is -2.08. The van der Waals surface area contributed by atoms with Crippen LogP contribution in [0.4, 0.5) is 5.69 Å². The Kier molecular flexibility index (Phi) is 4.56. The van der Waals surface area contributed by atoms with Gasteiger partial charge in [-0.05, 0) is 18.2 Å². The Hall–Kier alpha value is -2.54. The van der Waals surface area contributed by atoms with Gasteiger partial charge in [-0.1, -0.05) is 18.3 Å². The van der Waals surface area contributed by atoms with Crippen molar-refractivity contribution in [3.8, 4) is 5.75 Å². The number of rotatable bonds is 5. The van der Waals surface area contributed by atoms with Gasteiger partial charge in [-0.3, -0.25) is 4.79 Å². The van der Waals surface area contributed by atoms with Crippen molar-refractivity contribution in [2.45, 2.75) is 0 Å². The van der Waals surface area contributed by atoms with Crippen molar-refractivity contribution >= 4 is 28.8 Å². The van der Waals surface area contributed by atoms with E-state index in [1.807, 2.05) is 0 Å². The largest absolute Gasteiger partial charge is 0.486 e. The van der Waals surface area contributed by atoms with Crippen LogP contribution in [-0.2, 0) is 0 Å². The van der Waals surface area contributed by atoms with E-state index in [0.717, 1.165) is 0 Å². The summed E-state index contributed by atoms with van der Waals surface area (Å²) in [5.41, 5.74) is 6.39. The molecule has 0 spiro atoms. The van der Waals surface area contributed by atoms with E-state index in [1.54, 1.807) is 30.3 Å². The normalized spacial score (nSPS) is 9.80. The summed E-state index contributed by atoms with van der Waals surface area (Å²) >= 11 is 4.73. The summed E-state index contributed by atoms with van der Waals surface area (Å²) in [6.07, 6.45) is 2.85. The highest BCUT2D eigenvalue weighted by atomic mass is 32.1. The van der Waals surface area contributed by atoms with Gasteiger partial charge in [-0.15, -0.1) is 0 Å². The Morgan fingerprint density at radius 3 is 2.90 bits per heavy atom. The predicted molar refractivity (Wildman–Crippen MR) is 78.7 cm³/mol. The van der Waals surface area contributed by atoms with Crippen LogP contribution in [0.15, 0.2) is 42.7 Å². The van der Waals surface area contributed by atoms with Gasteiger partial charge >= 0.3 is 0 Å². The quantitative estimate of drug-likeness (QED) is 0.808. The Bertz CT molecular complexity index is 619. The molecule has 1 aromatic heterocycles. The molecule has 0 fully saturated rings. The Morgan fingerprint density at radius 2 is 2.20 bits per heavy atom. The van der Waals surface area contributed by atoms with E-state index in [2.05, 4.69) is 15.5 Å². The lowest BCUT2D eigenvalue weighted by molar-refractivity contribution is 0.102. The topological polar surface area (TPSA) is 90.1 Å². The number of carbonyl (C=O) groups excluding carboxylic acids is 1. The summed E-state index contributed by atoms with van der Waals surface area (Å²) in [5.74, 6) is 0.301. The van der Waals surface area contributed by atoms with Gasteiger partial charge in [0.1, 0.15) is 17.3 Å². The molecule has 0 atom stereocenters. The van der Waals surface area contributed by atoms with Gasteiger partial charge in [0.2, 0.25) is 0 Å². The maximum Gasteiger partial charge on any atom is 0.257 e. The number of aromatic nitrogens is 2. The van der Waals surface area contributed by atoms with Gasteiger partial charge < -0.3 is 15.8 Å². The average molecular weight is 288 g/mol. The number of nitrogens with one attached hydrogen (secondary N) is 1. The van der Waals surface area contributed by atoms with Crippen molar-refractivity contribution in [2.75, 3.05) is 11.9 Å². The molecule has 0 unspecified atom stereocenters. The zero-order valence-corrected chi connectivity index (χ0v) is 11.3. The lowest BCUT2D eigenvalue weighted by Crippen LogP contribution is -2.18. The first-order valence-corrected chi connectivity index (χ1v) is 6.15. The van der Waals surface area contributed by atoms with Crippen molar-refractivity contribution in [3.63, 3.8) is 0 Å². The van der Waals surface area contributed by atoms with E-state index >= 15 is 0 Å². The summed E-state index contributed by atoms with van der Waals surface area (Å²) in [4.78, 5) is 12.2. The number of amides is 1. The van der Waals surface area contributed by atoms with Crippen LogP contribution in [0.2, 0.25) is 0 Å². The number of carbonyl (C=O) groups is 1. The summed E-state index contributed by atoms with van der Waals surface area (Å²) in [6, 6.07) is 8.53. The van der Waals surface area contributed by atoms with Crippen molar-refractivity contribution in [1.82, 2.24) is 10.2 Å². The molecule has 3 N–H and O–H groups in total. The summed E-state index contributed by atoms with van der Waals surface area (Å²) in [5, 5.41) is 10.0. The van der Waals surface area contributed by atoms with E-state index in [1.165, 1.54) is 12.4 Å². The molecule has 20 heavy (non-hydrogen) atoms. The van der Waals surface area contributed by atoms with E-state index < -0.39 is 0 Å². The maximum atomic E-state index is 11.9. The third-order valence-electron chi connectivity index (χ3n) is 2.32. The molecule has 2 rings (SSSR count). The molecule has 6 nitrogen and oxygen atoms in total. The molecule has 1 aromatic carbocycles. The second-order valence-corrected chi connectivity index (χ2v) is 4.39.